The van der Waals surface area contributed by atoms with Crippen LogP contribution in [-0.4, -0.2) is 17.6 Å². The molecular weight excluding hydrogens is 346 g/mol. The van der Waals surface area contributed by atoms with Gasteiger partial charge < -0.3 is 10.1 Å². The third-order valence-electron chi connectivity index (χ3n) is 3.16. The van der Waals surface area contributed by atoms with Gasteiger partial charge in [0.1, 0.15) is 6.61 Å². The lowest BCUT2D eigenvalue weighted by molar-refractivity contribution is -0.390. The van der Waals surface area contributed by atoms with Crippen molar-refractivity contribution in [1.29, 1.82) is 0 Å². The van der Waals surface area contributed by atoms with Crippen LogP contribution >= 0.6 is 0 Å². The summed E-state index contributed by atoms with van der Waals surface area (Å²) in [6.07, 6.45) is -0.399. The Balaban J connectivity index is 1.78. The summed E-state index contributed by atoms with van der Waals surface area (Å²) in [7, 11) is 0. The van der Waals surface area contributed by atoms with Crippen molar-refractivity contribution in [3.63, 3.8) is 0 Å². The molecule has 0 aliphatic heterocycles. The van der Waals surface area contributed by atoms with Crippen molar-refractivity contribution in [1.82, 2.24) is 5.32 Å². The normalized spacial score (nSPS) is 9.77. The van der Waals surface area contributed by atoms with Gasteiger partial charge in [-0.15, -0.1) is 0 Å². The summed E-state index contributed by atoms with van der Waals surface area (Å²) in [5.74, 6) is 2.51. The molecule has 26 heavy (non-hydrogen) atoms. The lowest BCUT2D eigenvalue weighted by Gasteiger charge is -2.05. The van der Waals surface area contributed by atoms with Gasteiger partial charge in [-0.2, -0.15) is 8.78 Å². The summed E-state index contributed by atoms with van der Waals surface area (Å²) >= 11 is 0. The van der Waals surface area contributed by atoms with Crippen LogP contribution in [0.3, 0.4) is 0 Å². The molecule has 0 unspecified atom stereocenters. The molecule has 8 heteroatoms. The number of rotatable bonds is 5. The van der Waals surface area contributed by atoms with E-state index in [1.165, 1.54) is 0 Å². The molecule has 0 radical (unpaired) electrons. The molecule has 0 heterocycles. The molecule has 0 spiro atoms. The zero-order valence-electron chi connectivity index (χ0n) is 13.5. The van der Waals surface area contributed by atoms with Gasteiger partial charge in [-0.25, -0.2) is 4.79 Å². The third-order valence-corrected chi connectivity index (χ3v) is 3.16. The van der Waals surface area contributed by atoms with E-state index in [4.69, 9.17) is 4.74 Å². The topological polar surface area (TPSA) is 81.5 Å². The van der Waals surface area contributed by atoms with Crippen LogP contribution in [0.2, 0.25) is 0 Å². The number of halogens is 2. The fraction of sp³-hybridized carbons (Fsp3) is 0.167. The second kappa shape index (κ2) is 9.13. The van der Waals surface area contributed by atoms with E-state index in [0.717, 1.165) is 17.7 Å². The number of nitro groups is 1. The minimum absolute atomic E-state index is 0.0303. The number of carbonyl (C=O) groups is 1. The van der Waals surface area contributed by atoms with E-state index in [2.05, 4.69) is 17.2 Å². The highest BCUT2D eigenvalue weighted by molar-refractivity contribution is 5.67. The molecule has 0 saturated heterocycles. The fourth-order valence-corrected chi connectivity index (χ4v) is 1.98. The molecule has 6 nitrogen and oxygen atoms in total. The van der Waals surface area contributed by atoms with Crippen LogP contribution in [0.25, 0.3) is 0 Å². The van der Waals surface area contributed by atoms with Crippen molar-refractivity contribution in [3.05, 3.63) is 75.3 Å². The lowest BCUT2D eigenvalue weighted by atomic mass is 10.2. The van der Waals surface area contributed by atoms with Crippen LogP contribution in [0.1, 0.15) is 17.5 Å². The number of nitro benzene ring substituents is 1. The van der Waals surface area contributed by atoms with Gasteiger partial charge in [0.15, 0.2) is 0 Å². The van der Waals surface area contributed by atoms with Crippen molar-refractivity contribution >= 4 is 11.8 Å². The summed E-state index contributed by atoms with van der Waals surface area (Å²) in [5.41, 5.74) is -0.389. The number of hydrogen-bond donors (Lipinski definition) is 1. The van der Waals surface area contributed by atoms with Gasteiger partial charge in [0.25, 0.3) is 0 Å². The van der Waals surface area contributed by atoms with Gasteiger partial charge in [-0.1, -0.05) is 42.2 Å². The highest BCUT2D eigenvalue weighted by Gasteiger charge is 2.21. The Hall–Kier alpha value is -3.47. The van der Waals surface area contributed by atoms with Gasteiger partial charge in [0, 0.05) is 18.5 Å². The van der Waals surface area contributed by atoms with Crippen LogP contribution in [0, 0.1) is 33.6 Å². The number of alkyl carbamates (subject to hydrolysis) is 1. The Morgan fingerprint density at radius 1 is 1.19 bits per heavy atom. The number of nitrogens with zero attached hydrogens (tertiary/aromatic N) is 1. The Labute approximate surface area is 147 Å². The Kier molecular flexibility index (Phi) is 6.62. The molecule has 2 aromatic rings. The maximum atomic E-state index is 13.4. The molecule has 0 fully saturated rings. The van der Waals surface area contributed by atoms with Gasteiger partial charge in [0.2, 0.25) is 11.6 Å². The van der Waals surface area contributed by atoms with E-state index in [-0.39, 0.29) is 25.1 Å². The zero-order chi connectivity index (χ0) is 18.9. The highest BCUT2D eigenvalue weighted by Crippen LogP contribution is 2.22. The van der Waals surface area contributed by atoms with Crippen LogP contribution in [0.5, 0.6) is 0 Å². The minimum Gasteiger partial charge on any atom is -0.445 e. The molecule has 1 N–H and O–H groups in total. The summed E-state index contributed by atoms with van der Waals surface area (Å²) in [5, 5.41) is 13.0. The fourth-order valence-electron chi connectivity index (χ4n) is 1.98. The number of hydrogen-bond acceptors (Lipinski definition) is 4. The Morgan fingerprint density at radius 2 is 1.85 bits per heavy atom. The first kappa shape index (κ1) is 18.9. The molecule has 0 atom stereocenters. The molecular formula is C18H14F2N2O4. The van der Waals surface area contributed by atoms with Crippen LogP contribution in [-0.2, 0) is 11.3 Å². The molecule has 0 aliphatic carbocycles. The summed E-state index contributed by atoms with van der Waals surface area (Å²) in [4.78, 5) is 20.9. The largest absolute Gasteiger partial charge is 0.445 e. The maximum absolute atomic E-state index is 13.4. The van der Waals surface area contributed by atoms with Crippen LogP contribution in [0.15, 0.2) is 42.5 Å². The van der Waals surface area contributed by atoms with Crippen molar-refractivity contribution < 1.29 is 23.2 Å². The van der Waals surface area contributed by atoms with E-state index >= 15 is 0 Å². The van der Waals surface area contributed by atoms with Gasteiger partial charge in [-0.05, 0) is 17.7 Å². The first-order chi connectivity index (χ1) is 12.5. The summed E-state index contributed by atoms with van der Waals surface area (Å²) in [6.45, 7) is 0.318. The van der Waals surface area contributed by atoms with Crippen molar-refractivity contribution in [2.75, 3.05) is 6.54 Å². The third kappa shape index (κ3) is 5.56. The van der Waals surface area contributed by atoms with Crippen molar-refractivity contribution in [2.45, 2.75) is 13.0 Å². The molecule has 2 rings (SSSR count). The Bertz CT molecular complexity index is 837. The number of nitrogens with one attached hydrogen (secondary N) is 1. The Morgan fingerprint density at radius 3 is 2.46 bits per heavy atom. The monoisotopic (exact) mass is 360 g/mol. The van der Waals surface area contributed by atoms with Gasteiger partial charge >= 0.3 is 11.8 Å². The smallest absolute Gasteiger partial charge is 0.407 e. The molecule has 1 amide bonds. The highest BCUT2D eigenvalue weighted by atomic mass is 19.1. The molecule has 134 valence electrons. The minimum atomic E-state index is -1.29. The van der Waals surface area contributed by atoms with E-state index in [0.29, 0.717) is 0 Å². The first-order valence-electron chi connectivity index (χ1n) is 7.54. The average molecular weight is 360 g/mol. The van der Waals surface area contributed by atoms with E-state index < -0.39 is 28.3 Å². The molecule has 0 aromatic heterocycles. The first-order valence-corrected chi connectivity index (χ1v) is 7.54. The molecule has 0 aliphatic rings. The number of amides is 1. The van der Waals surface area contributed by atoms with E-state index in [9.17, 15) is 23.7 Å². The maximum Gasteiger partial charge on any atom is 0.407 e. The quantitative estimate of drug-likeness (QED) is 0.383. The summed E-state index contributed by atoms with van der Waals surface area (Å²) in [6, 6.07) is 10.7. The molecule has 2 aromatic carbocycles. The van der Waals surface area contributed by atoms with Gasteiger partial charge in [-0.3, -0.25) is 10.1 Å². The van der Waals surface area contributed by atoms with E-state index in [1.54, 1.807) is 0 Å². The van der Waals surface area contributed by atoms with E-state index in [1.807, 2.05) is 30.3 Å². The number of benzene rings is 2. The predicted molar refractivity (Wildman–Crippen MR) is 89.1 cm³/mol. The summed E-state index contributed by atoms with van der Waals surface area (Å²) < 4.78 is 31.9. The second-order valence-electron chi connectivity index (χ2n) is 5.09. The standard InChI is InChI=1S/C18H14F2N2O4/c19-15-10-14(11-16(20)17(15)22(24)25)8-4-5-9-21-18(23)26-12-13-6-2-1-3-7-13/h1-3,6-7,10-11H,5,9,12H2,(H,21,23). The SMILES string of the molecule is O=C(NCCC#Cc1cc(F)c([N+](=O)[O-])c(F)c1)OCc1ccccc1. The predicted octanol–water partition coefficient (Wildman–Crippen LogP) is 3.54. The molecule has 0 bridgehead atoms. The number of carbonyl (C=O) groups excluding carboxylic acids is 1. The van der Waals surface area contributed by atoms with Crippen LogP contribution < -0.4 is 5.32 Å². The second-order valence-corrected chi connectivity index (χ2v) is 5.09. The lowest BCUT2D eigenvalue weighted by Crippen LogP contribution is -2.24. The zero-order valence-corrected chi connectivity index (χ0v) is 13.5. The molecule has 0 saturated carbocycles. The van der Waals surface area contributed by atoms with Crippen molar-refractivity contribution in [3.8, 4) is 11.8 Å². The average Bonchev–Trinajstić information content (AvgIpc) is 2.59. The number of ether oxygens (including phenoxy) is 1. The van der Waals surface area contributed by atoms with Crippen molar-refractivity contribution in [2.24, 2.45) is 0 Å². The van der Waals surface area contributed by atoms with Gasteiger partial charge in [0.05, 0.1) is 4.92 Å². The van der Waals surface area contributed by atoms with Crippen LogP contribution in [0.4, 0.5) is 19.3 Å².